The van der Waals surface area contributed by atoms with E-state index in [1.807, 2.05) is 6.92 Å². The molecule has 0 spiro atoms. The molecule has 0 fully saturated rings. The van der Waals surface area contributed by atoms with Gasteiger partial charge >= 0.3 is 0 Å². The van der Waals surface area contributed by atoms with Crippen LogP contribution in [0.1, 0.15) is 18.5 Å². The summed E-state index contributed by atoms with van der Waals surface area (Å²) in [6.07, 6.45) is 3.12. The van der Waals surface area contributed by atoms with E-state index in [1.165, 1.54) is 0 Å². The lowest BCUT2D eigenvalue weighted by molar-refractivity contribution is 0.561. The van der Waals surface area contributed by atoms with Gasteiger partial charge < -0.3 is 4.42 Å². The van der Waals surface area contributed by atoms with Crippen LogP contribution in [0.2, 0.25) is 0 Å². The van der Waals surface area contributed by atoms with Crippen LogP contribution in [0.25, 0.3) is 10.4 Å². The van der Waals surface area contributed by atoms with E-state index in [0.29, 0.717) is 0 Å². The van der Waals surface area contributed by atoms with E-state index < -0.39 is 0 Å². The molecule has 52 valence electrons. The van der Waals surface area contributed by atoms with Crippen LogP contribution in [0.5, 0.6) is 0 Å². The van der Waals surface area contributed by atoms with Crippen LogP contribution >= 0.6 is 0 Å². The quantitative estimate of drug-likeness (QED) is 0.351. The van der Waals surface area contributed by atoms with Crippen molar-refractivity contribution in [2.75, 3.05) is 0 Å². The molecule has 0 bridgehead atoms. The van der Waals surface area contributed by atoms with Crippen LogP contribution in [-0.2, 0) is 0 Å². The van der Waals surface area contributed by atoms with Gasteiger partial charge in [0.2, 0.25) is 0 Å². The molecular weight excluding hydrogens is 130 g/mol. The van der Waals surface area contributed by atoms with Crippen LogP contribution in [0, 0.1) is 0 Å². The van der Waals surface area contributed by atoms with Crippen LogP contribution in [0.3, 0.4) is 0 Å². The third-order valence-electron chi connectivity index (χ3n) is 1.25. The molecule has 1 heterocycles. The summed E-state index contributed by atoms with van der Waals surface area (Å²) in [5, 5.41) is 3.49. The molecule has 1 aromatic rings. The highest BCUT2D eigenvalue weighted by atomic mass is 16.3. The molecule has 1 aromatic heterocycles. The standard InChI is InChI=1S/C6H7N3O/c1-5(8-9-7)6-2-3-10-4-6/h2-5H,1H3/t5-/m0/s1. The molecule has 1 atom stereocenters. The Morgan fingerprint density at radius 2 is 2.60 bits per heavy atom. The first-order chi connectivity index (χ1) is 4.84. The molecule has 0 aliphatic rings. The van der Waals surface area contributed by atoms with E-state index in [1.54, 1.807) is 18.6 Å². The number of nitrogens with zero attached hydrogens (tertiary/aromatic N) is 3. The smallest absolute Gasteiger partial charge is 0.0938 e. The number of furan rings is 1. The second-order valence-corrected chi connectivity index (χ2v) is 1.94. The summed E-state index contributed by atoms with van der Waals surface area (Å²) in [5.41, 5.74) is 8.96. The Kier molecular flexibility index (Phi) is 1.97. The van der Waals surface area contributed by atoms with Gasteiger partial charge in [0, 0.05) is 4.91 Å². The number of azide groups is 1. The molecule has 0 aliphatic heterocycles. The lowest BCUT2D eigenvalue weighted by atomic mass is 10.2. The van der Waals surface area contributed by atoms with Crippen molar-refractivity contribution in [3.8, 4) is 0 Å². The SMILES string of the molecule is C[C@H](N=[N+]=[N-])c1ccoc1. The zero-order valence-electron chi connectivity index (χ0n) is 5.56. The summed E-state index contributed by atoms with van der Waals surface area (Å²) in [7, 11) is 0. The molecule has 0 amide bonds. The highest BCUT2D eigenvalue weighted by Gasteiger charge is 2.01. The molecule has 4 nitrogen and oxygen atoms in total. The molecule has 4 heteroatoms. The van der Waals surface area contributed by atoms with E-state index in [2.05, 4.69) is 10.0 Å². The molecule has 0 unspecified atom stereocenters. The van der Waals surface area contributed by atoms with Gasteiger partial charge in [-0.05, 0) is 17.2 Å². The Bertz CT molecular complexity index is 236. The van der Waals surface area contributed by atoms with Crippen molar-refractivity contribution in [3.05, 3.63) is 34.6 Å². The van der Waals surface area contributed by atoms with Crippen molar-refractivity contribution in [2.24, 2.45) is 5.11 Å². The number of hydrogen-bond acceptors (Lipinski definition) is 2. The summed E-state index contributed by atoms with van der Waals surface area (Å²) >= 11 is 0. The minimum absolute atomic E-state index is 0.135. The van der Waals surface area contributed by atoms with Crippen LogP contribution in [-0.4, -0.2) is 0 Å². The minimum Gasteiger partial charge on any atom is -0.472 e. The van der Waals surface area contributed by atoms with Gasteiger partial charge in [0.25, 0.3) is 0 Å². The van der Waals surface area contributed by atoms with E-state index in [-0.39, 0.29) is 6.04 Å². The van der Waals surface area contributed by atoms with Crippen LogP contribution in [0.15, 0.2) is 28.1 Å². The number of hydrogen-bond donors (Lipinski definition) is 0. The van der Waals surface area contributed by atoms with E-state index in [4.69, 9.17) is 9.95 Å². The molecule has 0 aliphatic carbocycles. The lowest BCUT2D eigenvalue weighted by Crippen LogP contribution is -1.81. The molecule has 0 saturated heterocycles. The fourth-order valence-corrected chi connectivity index (χ4v) is 0.657. The molecule has 0 aromatic carbocycles. The topological polar surface area (TPSA) is 61.9 Å². The monoisotopic (exact) mass is 137 g/mol. The van der Waals surface area contributed by atoms with Crippen LogP contribution < -0.4 is 0 Å². The van der Waals surface area contributed by atoms with Gasteiger partial charge in [0.05, 0.1) is 18.6 Å². The Balaban J connectivity index is 2.76. The average Bonchev–Trinajstić information content (AvgIpc) is 2.38. The summed E-state index contributed by atoms with van der Waals surface area (Å²) in [4.78, 5) is 2.67. The number of rotatable bonds is 2. The van der Waals surface area contributed by atoms with Gasteiger partial charge in [-0.1, -0.05) is 12.0 Å². The minimum atomic E-state index is -0.135. The maximum atomic E-state index is 8.06. The van der Waals surface area contributed by atoms with Gasteiger partial charge in [-0.25, -0.2) is 0 Å². The predicted octanol–water partition coefficient (Wildman–Crippen LogP) is 2.65. The van der Waals surface area contributed by atoms with Crippen molar-refractivity contribution in [1.82, 2.24) is 0 Å². The maximum Gasteiger partial charge on any atom is 0.0938 e. The Morgan fingerprint density at radius 3 is 3.10 bits per heavy atom. The summed E-state index contributed by atoms with van der Waals surface area (Å²) in [5.74, 6) is 0. The molecule has 0 N–H and O–H groups in total. The van der Waals surface area contributed by atoms with E-state index >= 15 is 0 Å². The van der Waals surface area contributed by atoms with Crippen LogP contribution in [0.4, 0.5) is 0 Å². The fraction of sp³-hybridized carbons (Fsp3) is 0.333. The Labute approximate surface area is 58.1 Å². The van der Waals surface area contributed by atoms with E-state index in [9.17, 15) is 0 Å². The molecular formula is C6H7N3O. The first-order valence-corrected chi connectivity index (χ1v) is 2.91. The highest BCUT2D eigenvalue weighted by Crippen LogP contribution is 2.15. The van der Waals surface area contributed by atoms with Crippen molar-refractivity contribution >= 4 is 0 Å². The van der Waals surface area contributed by atoms with Crippen molar-refractivity contribution in [1.29, 1.82) is 0 Å². The zero-order chi connectivity index (χ0) is 7.40. The van der Waals surface area contributed by atoms with Crippen molar-refractivity contribution in [2.45, 2.75) is 13.0 Å². The largest absolute Gasteiger partial charge is 0.472 e. The average molecular weight is 137 g/mol. The van der Waals surface area contributed by atoms with Crippen molar-refractivity contribution in [3.63, 3.8) is 0 Å². The molecule has 1 rings (SSSR count). The summed E-state index contributed by atoms with van der Waals surface area (Å²) < 4.78 is 4.80. The van der Waals surface area contributed by atoms with Gasteiger partial charge in [0.1, 0.15) is 0 Å². The van der Waals surface area contributed by atoms with E-state index in [0.717, 1.165) is 5.56 Å². The summed E-state index contributed by atoms with van der Waals surface area (Å²) in [6.45, 7) is 1.81. The Hall–Kier alpha value is -1.41. The van der Waals surface area contributed by atoms with Crippen molar-refractivity contribution < 1.29 is 4.42 Å². The third-order valence-corrected chi connectivity index (χ3v) is 1.25. The normalized spacial score (nSPS) is 12.1. The maximum absolute atomic E-state index is 8.06. The van der Waals surface area contributed by atoms with Gasteiger partial charge in [-0.3, -0.25) is 0 Å². The third kappa shape index (κ3) is 1.30. The highest BCUT2D eigenvalue weighted by molar-refractivity contribution is 5.10. The first kappa shape index (κ1) is 6.71. The second-order valence-electron chi connectivity index (χ2n) is 1.94. The second kappa shape index (κ2) is 2.94. The predicted molar refractivity (Wildman–Crippen MR) is 36.3 cm³/mol. The Morgan fingerprint density at radius 1 is 1.80 bits per heavy atom. The fourth-order valence-electron chi connectivity index (χ4n) is 0.657. The summed E-state index contributed by atoms with van der Waals surface area (Å²) in [6, 6.07) is 1.64. The van der Waals surface area contributed by atoms with Gasteiger partial charge in [-0.2, -0.15) is 0 Å². The zero-order valence-corrected chi connectivity index (χ0v) is 5.56. The molecule has 0 radical (unpaired) electrons. The molecule has 10 heavy (non-hydrogen) atoms. The first-order valence-electron chi connectivity index (χ1n) is 2.91. The molecule has 0 saturated carbocycles. The van der Waals surface area contributed by atoms with Gasteiger partial charge in [0.15, 0.2) is 0 Å². The lowest BCUT2D eigenvalue weighted by Gasteiger charge is -1.95. The van der Waals surface area contributed by atoms with Gasteiger partial charge in [-0.15, -0.1) is 0 Å².